The molecule has 0 aliphatic carbocycles. The van der Waals surface area contributed by atoms with E-state index in [0.717, 1.165) is 24.3 Å². The van der Waals surface area contributed by atoms with E-state index in [9.17, 15) is 21.6 Å². The predicted molar refractivity (Wildman–Crippen MR) is 103 cm³/mol. The van der Waals surface area contributed by atoms with Gasteiger partial charge in [-0.3, -0.25) is 4.90 Å². The topological polar surface area (TPSA) is 79.2 Å². The lowest BCUT2D eigenvalue weighted by Crippen LogP contribution is -2.61. The number of hydrogen-bond donors (Lipinski definition) is 1. The molecule has 0 bridgehead atoms. The van der Waals surface area contributed by atoms with Gasteiger partial charge in [-0.15, -0.1) is 0 Å². The highest BCUT2D eigenvalue weighted by Gasteiger charge is 2.53. The molecule has 30 heavy (non-hydrogen) atoms. The van der Waals surface area contributed by atoms with Crippen molar-refractivity contribution in [3.63, 3.8) is 0 Å². The van der Waals surface area contributed by atoms with Crippen LogP contribution in [0.4, 0.5) is 13.2 Å². The number of aliphatic hydroxyl groups excluding tert-OH is 1. The molecular weight excluding hydrogens is 421 g/mol. The summed E-state index contributed by atoms with van der Waals surface area (Å²) in [4.78, 5) is 6.26. The van der Waals surface area contributed by atoms with Crippen LogP contribution in [0.5, 0.6) is 0 Å². The van der Waals surface area contributed by atoms with Crippen molar-refractivity contribution < 1.29 is 31.5 Å². The zero-order chi connectivity index (χ0) is 21.7. The van der Waals surface area contributed by atoms with Crippen molar-refractivity contribution in [2.45, 2.75) is 22.4 Å². The Labute approximate surface area is 171 Å². The second-order valence-electron chi connectivity index (χ2n) is 7.55. The zero-order valence-electron chi connectivity index (χ0n) is 16.0. The number of aliphatic hydroxyl groups is 1. The highest BCUT2D eigenvalue weighted by atomic mass is 32.2. The smallest absolute Gasteiger partial charge is 0.240 e. The number of benzene rings is 2. The van der Waals surface area contributed by atoms with E-state index in [1.165, 1.54) is 12.1 Å². The van der Waals surface area contributed by atoms with Crippen LogP contribution < -0.4 is 0 Å². The average Bonchev–Trinajstić information content (AvgIpc) is 3.16. The number of oxime groups is 1. The van der Waals surface area contributed by atoms with Gasteiger partial charge in [0, 0.05) is 25.1 Å². The first-order valence-corrected chi connectivity index (χ1v) is 10.7. The molecule has 160 valence electrons. The maximum Gasteiger partial charge on any atom is 0.240 e. The van der Waals surface area contributed by atoms with E-state index in [-0.39, 0.29) is 47.7 Å². The van der Waals surface area contributed by atoms with Crippen LogP contribution in [0.25, 0.3) is 11.1 Å². The van der Waals surface area contributed by atoms with Crippen LogP contribution in [-0.2, 0) is 14.7 Å². The van der Waals surface area contributed by atoms with Crippen molar-refractivity contribution in [3.05, 3.63) is 53.6 Å². The van der Waals surface area contributed by atoms with Gasteiger partial charge in [-0.2, -0.15) is 0 Å². The number of sulfone groups is 1. The normalized spacial score (nSPS) is 21.1. The Hall–Kier alpha value is -2.43. The SMILES string of the molecule is CN1CC(F)(S(=O)(=O)c2ccc(-c3c(F)cc(C4=NO[C@@H](CO)C4)cc3F)cc2)C1. The molecule has 0 aromatic heterocycles. The van der Waals surface area contributed by atoms with Crippen LogP contribution in [0, 0.1) is 11.6 Å². The molecule has 2 aliphatic heterocycles. The van der Waals surface area contributed by atoms with Gasteiger partial charge >= 0.3 is 0 Å². The van der Waals surface area contributed by atoms with Crippen LogP contribution in [-0.4, -0.2) is 62.0 Å². The van der Waals surface area contributed by atoms with Crippen molar-refractivity contribution in [3.8, 4) is 11.1 Å². The molecule has 1 atom stereocenters. The fourth-order valence-electron chi connectivity index (χ4n) is 3.65. The maximum atomic E-state index is 14.7. The third kappa shape index (κ3) is 3.38. The predicted octanol–water partition coefficient (Wildman–Crippen LogP) is 2.50. The summed E-state index contributed by atoms with van der Waals surface area (Å²) in [5.74, 6) is -1.73. The highest BCUT2D eigenvalue weighted by molar-refractivity contribution is 7.92. The van der Waals surface area contributed by atoms with E-state index < -0.39 is 32.6 Å². The second kappa shape index (κ2) is 7.36. The van der Waals surface area contributed by atoms with Gasteiger partial charge in [0.25, 0.3) is 0 Å². The Morgan fingerprint density at radius 1 is 1.17 bits per heavy atom. The summed E-state index contributed by atoms with van der Waals surface area (Å²) in [5.41, 5.74) is 0.294. The molecule has 0 radical (unpaired) electrons. The Morgan fingerprint density at radius 2 is 1.77 bits per heavy atom. The quantitative estimate of drug-likeness (QED) is 0.773. The molecule has 0 amide bonds. The average molecular weight is 440 g/mol. The van der Waals surface area contributed by atoms with Crippen molar-refractivity contribution in [2.75, 3.05) is 26.7 Å². The number of alkyl halides is 1. The molecule has 1 fully saturated rings. The van der Waals surface area contributed by atoms with E-state index >= 15 is 0 Å². The largest absolute Gasteiger partial charge is 0.392 e. The van der Waals surface area contributed by atoms with Crippen LogP contribution >= 0.6 is 0 Å². The Bertz CT molecular complexity index is 1090. The fourth-order valence-corrected chi connectivity index (χ4v) is 5.35. The molecule has 2 aromatic rings. The van der Waals surface area contributed by atoms with Crippen molar-refractivity contribution >= 4 is 15.5 Å². The minimum absolute atomic E-state index is 0.118. The molecule has 6 nitrogen and oxygen atoms in total. The van der Waals surface area contributed by atoms with Gasteiger partial charge in [0.1, 0.15) is 11.6 Å². The third-order valence-electron chi connectivity index (χ3n) is 5.26. The number of rotatable bonds is 5. The van der Waals surface area contributed by atoms with Gasteiger partial charge in [-0.05, 0) is 36.9 Å². The van der Waals surface area contributed by atoms with Crippen LogP contribution in [0.15, 0.2) is 46.4 Å². The Morgan fingerprint density at radius 3 is 2.27 bits per heavy atom. The summed E-state index contributed by atoms with van der Waals surface area (Å²) in [7, 11) is -2.62. The highest BCUT2D eigenvalue weighted by Crippen LogP contribution is 2.36. The maximum absolute atomic E-state index is 14.7. The first kappa shape index (κ1) is 20.8. The lowest BCUT2D eigenvalue weighted by Gasteiger charge is -2.41. The molecule has 2 aromatic carbocycles. The van der Waals surface area contributed by atoms with Gasteiger partial charge in [-0.1, -0.05) is 17.3 Å². The van der Waals surface area contributed by atoms with Crippen LogP contribution in [0.3, 0.4) is 0 Å². The molecule has 10 heteroatoms. The van der Waals surface area contributed by atoms with E-state index in [2.05, 4.69) is 5.16 Å². The summed E-state index contributed by atoms with van der Waals surface area (Å²) < 4.78 is 69.0. The molecule has 2 heterocycles. The molecule has 0 unspecified atom stereocenters. The van der Waals surface area contributed by atoms with Crippen molar-refractivity contribution in [2.24, 2.45) is 5.16 Å². The lowest BCUT2D eigenvalue weighted by atomic mass is 9.99. The van der Waals surface area contributed by atoms with Crippen LogP contribution in [0.2, 0.25) is 0 Å². The van der Waals surface area contributed by atoms with Crippen LogP contribution in [0.1, 0.15) is 12.0 Å². The first-order chi connectivity index (χ1) is 14.1. The minimum Gasteiger partial charge on any atom is -0.392 e. The van der Waals surface area contributed by atoms with E-state index in [4.69, 9.17) is 9.94 Å². The molecule has 4 rings (SSSR count). The van der Waals surface area contributed by atoms with Crippen molar-refractivity contribution in [1.29, 1.82) is 0 Å². The van der Waals surface area contributed by atoms with Gasteiger partial charge < -0.3 is 9.94 Å². The van der Waals surface area contributed by atoms with Gasteiger partial charge in [-0.25, -0.2) is 21.6 Å². The summed E-state index contributed by atoms with van der Waals surface area (Å²) in [6.07, 6.45) is -0.323. The molecule has 0 spiro atoms. The lowest BCUT2D eigenvalue weighted by molar-refractivity contribution is 0.0390. The summed E-state index contributed by atoms with van der Waals surface area (Å²) >= 11 is 0. The van der Waals surface area contributed by atoms with Gasteiger partial charge in [0.2, 0.25) is 14.8 Å². The van der Waals surface area contributed by atoms with E-state index in [0.29, 0.717) is 5.71 Å². The monoisotopic (exact) mass is 440 g/mol. The Kier molecular flexibility index (Phi) is 5.11. The van der Waals surface area contributed by atoms with Gasteiger partial charge in [0.15, 0.2) is 6.10 Å². The zero-order valence-corrected chi connectivity index (χ0v) is 16.8. The molecule has 1 N–H and O–H groups in total. The summed E-state index contributed by atoms with van der Waals surface area (Å²) in [5, 5.41) is 10.5. The number of halogens is 3. The first-order valence-electron chi connectivity index (χ1n) is 9.20. The number of hydrogen-bond acceptors (Lipinski definition) is 6. The van der Waals surface area contributed by atoms with Gasteiger partial charge in [0.05, 0.1) is 22.8 Å². The second-order valence-corrected chi connectivity index (χ2v) is 9.76. The summed E-state index contributed by atoms with van der Waals surface area (Å²) in [6, 6.07) is 7.00. The minimum atomic E-state index is -4.23. The number of likely N-dealkylation sites (tertiary alicyclic amines) is 1. The number of nitrogens with zero attached hydrogens (tertiary/aromatic N) is 2. The molecule has 2 aliphatic rings. The fraction of sp³-hybridized carbons (Fsp3) is 0.350. The summed E-state index contributed by atoms with van der Waals surface area (Å²) in [6.45, 7) is -0.721. The van der Waals surface area contributed by atoms with E-state index in [1.807, 2.05) is 0 Å². The Balaban J connectivity index is 1.62. The molecule has 0 saturated carbocycles. The van der Waals surface area contributed by atoms with E-state index in [1.54, 1.807) is 11.9 Å². The molecule has 1 saturated heterocycles. The van der Waals surface area contributed by atoms with Crippen molar-refractivity contribution in [1.82, 2.24) is 4.90 Å². The third-order valence-corrected chi connectivity index (χ3v) is 7.37. The molecular formula is C20H19F3N2O4S. The standard InChI is InChI=1S/C20H19F3N2O4S/c1-25-10-20(23,11-25)30(27,28)15-4-2-12(3-5-15)19-16(21)6-13(7-17(19)22)18-8-14(9-26)29-24-18/h2-7,14,26H,8-11H2,1H3/t14-/m1/s1.